The molecule has 1 aromatic heterocycles. The van der Waals surface area contributed by atoms with Gasteiger partial charge in [-0.15, -0.1) is 23.1 Å². The van der Waals surface area contributed by atoms with Crippen LogP contribution in [0.2, 0.25) is 0 Å². The van der Waals surface area contributed by atoms with E-state index in [0.717, 1.165) is 10.5 Å². The van der Waals surface area contributed by atoms with E-state index in [1.165, 1.54) is 23.1 Å². The van der Waals surface area contributed by atoms with Crippen molar-refractivity contribution in [1.82, 2.24) is 4.98 Å². The van der Waals surface area contributed by atoms with Gasteiger partial charge in [-0.1, -0.05) is 18.2 Å². The van der Waals surface area contributed by atoms with Gasteiger partial charge in [-0.05, 0) is 56.2 Å². The number of hydrogen-bond acceptors (Lipinski definition) is 8. The average Bonchev–Trinajstić information content (AvgIpc) is 3.41. The minimum absolute atomic E-state index is 0.207. The molecular formula is C28H29N3O6S2. The molecule has 3 unspecified atom stereocenters. The lowest BCUT2D eigenvalue weighted by molar-refractivity contribution is -0.146. The Morgan fingerprint density at radius 1 is 1.03 bits per heavy atom. The number of hydrogen-bond donors (Lipinski definition) is 3. The standard InChI is InChI=1S/C28H29N3O6S2/c1-16(25(32)31-28-30-22(15-38-28)17-11-12-23(36-2)24(13-17)37-3)39-19-8-6-7-18(14-19)29-26(33)20-9-4-5-10-21(20)27(34)35/h4-8,11-16,20-21H,9-10H2,1-3H3,(H,29,33)(H,34,35)(H,30,31,32). The zero-order chi connectivity index (χ0) is 27.9. The van der Waals surface area contributed by atoms with Gasteiger partial charge in [-0.2, -0.15) is 0 Å². The topological polar surface area (TPSA) is 127 Å². The highest BCUT2D eigenvalue weighted by atomic mass is 32.2. The van der Waals surface area contributed by atoms with Crippen molar-refractivity contribution in [2.75, 3.05) is 24.9 Å². The van der Waals surface area contributed by atoms with Crippen LogP contribution in [-0.4, -0.2) is 47.3 Å². The number of rotatable bonds is 10. The Bertz CT molecular complexity index is 1390. The number of allylic oxidation sites excluding steroid dienone is 2. The maximum Gasteiger partial charge on any atom is 0.307 e. The minimum atomic E-state index is -0.972. The van der Waals surface area contributed by atoms with Crippen LogP contribution in [0.15, 0.2) is 64.9 Å². The lowest BCUT2D eigenvalue weighted by atomic mass is 9.82. The Morgan fingerprint density at radius 2 is 1.77 bits per heavy atom. The lowest BCUT2D eigenvalue weighted by Crippen LogP contribution is -2.34. The summed E-state index contributed by atoms with van der Waals surface area (Å²) in [6.45, 7) is 1.79. The van der Waals surface area contributed by atoms with Crippen LogP contribution in [0.25, 0.3) is 11.3 Å². The van der Waals surface area contributed by atoms with Gasteiger partial charge in [0.05, 0.1) is 37.0 Å². The second-order valence-corrected chi connectivity index (χ2v) is 11.1. The van der Waals surface area contributed by atoms with Crippen LogP contribution in [0.3, 0.4) is 0 Å². The van der Waals surface area contributed by atoms with Crippen molar-refractivity contribution in [3.8, 4) is 22.8 Å². The molecule has 0 bridgehead atoms. The number of nitrogens with one attached hydrogen (secondary N) is 2. The Kier molecular flexibility index (Phi) is 9.26. The summed E-state index contributed by atoms with van der Waals surface area (Å²) in [7, 11) is 3.14. The fourth-order valence-electron chi connectivity index (χ4n) is 4.18. The summed E-state index contributed by atoms with van der Waals surface area (Å²) in [5.41, 5.74) is 2.10. The minimum Gasteiger partial charge on any atom is -0.493 e. The van der Waals surface area contributed by atoms with E-state index in [1.54, 1.807) is 51.5 Å². The number of methoxy groups -OCH3 is 2. The number of aliphatic carboxylic acids is 1. The van der Waals surface area contributed by atoms with Gasteiger partial charge in [0.25, 0.3) is 0 Å². The summed E-state index contributed by atoms with van der Waals surface area (Å²) in [4.78, 5) is 42.6. The largest absolute Gasteiger partial charge is 0.493 e. The number of carbonyl (C=O) groups is 3. The smallest absolute Gasteiger partial charge is 0.307 e. The molecule has 2 aromatic carbocycles. The molecule has 0 aliphatic heterocycles. The predicted molar refractivity (Wildman–Crippen MR) is 153 cm³/mol. The zero-order valence-electron chi connectivity index (χ0n) is 21.7. The second kappa shape index (κ2) is 12.8. The van der Waals surface area contributed by atoms with Gasteiger partial charge in [-0.3, -0.25) is 14.4 Å². The van der Waals surface area contributed by atoms with Crippen LogP contribution in [0.5, 0.6) is 11.5 Å². The molecule has 0 spiro atoms. The van der Waals surface area contributed by atoms with E-state index in [4.69, 9.17) is 9.47 Å². The van der Waals surface area contributed by atoms with Crippen molar-refractivity contribution < 1.29 is 29.0 Å². The summed E-state index contributed by atoms with van der Waals surface area (Å²) in [6, 6.07) is 12.7. The molecule has 0 fully saturated rings. The second-order valence-electron chi connectivity index (χ2n) is 8.87. The van der Waals surface area contributed by atoms with Crippen LogP contribution in [0, 0.1) is 11.8 Å². The van der Waals surface area contributed by atoms with E-state index < -0.39 is 23.1 Å². The molecule has 3 aromatic rings. The van der Waals surface area contributed by atoms with Crippen molar-refractivity contribution >= 4 is 51.7 Å². The maximum atomic E-state index is 12.9. The number of ether oxygens (including phenoxy) is 2. The molecule has 0 saturated heterocycles. The molecule has 3 atom stereocenters. The number of amides is 2. The number of anilines is 2. The highest BCUT2D eigenvalue weighted by Gasteiger charge is 2.34. The van der Waals surface area contributed by atoms with Gasteiger partial charge in [0.15, 0.2) is 16.6 Å². The summed E-state index contributed by atoms with van der Waals surface area (Å²) in [5, 5.41) is 17.1. The predicted octanol–water partition coefficient (Wildman–Crippen LogP) is 5.55. The molecule has 0 radical (unpaired) electrons. The zero-order valence-corrected chi connectivity index (χ0v) is 23.3. The first-order valence-electron chi connectivity index (χ1n) is 12.2. The number of carbonyl (C=O) groups excluding carboxylic acids is 2. The fraction of sp³-hybridized carbons (Fsp3) is 0.286. The summed E-state index contributed by atoms with van der Waals surface area (Å²) >= 11 is 2.67. The first kappa shape index (κ1) is 28.2. The number of nitrogens with zero attached hydrogens (tertiary/aromatic N) is 1. The van der Waals surface area contributed by atoms with Gasteiger partial charge in [0, 0.05) is 21.5 Å². The van der Waals surface area contributed by atoms with Crippen LogP contribution in [0.4, 0.5) is 10.8 Å². The quantitative estimate of drug-likeness (QED) is 0.215. The maximum absolute atomic E-state index is 12.9. The first-order chi connectivity index (χ1) is 18.8. The van der Waals surface area contributed by atoms with Crippen LogP contribution in [0.1, 0.15) is 19.8 Å². The van der Waals surface area contributed by atoms with Crippen LogP contribution >= 0.6 is 23.1 Å². The number of carboxylic acid groups (broad SMARTS) is 1. The third-order valence-electron chi connectivity index (χ3n) is 6.28. The average molecular weight is 568 g/mol. The van der Waals surface area contributed by atoms with Crippen molar-refractivity contribution in [2.24, 2.45) is 11.8 Å². The molecule has 1 aliphatic carbocycles. The first-order valence-corrected chi connectivity index (χ1v) is 14.0. The van der Waals surface area contributed by atoms with E-state index in [9.17, 15) is 19.5 Å². The Labute approximate surface area is 234 Å². The summed E-state index contributed by atoms with van der Waals surface area (Å²) in [6.07, 6.45) is 4.37. The highest BCUT2D eigenvalue weighted by Crippen LogP contribution is 2.34. The monoisotopic (exact) mass is 567 g/mol. The molecule has 1 heterocycles. The van der Waals surface area contributed by atoms with Crippen LogP contribution in [-0.2, 0) is 14.4 Å². The van der Waals surface area contributed by atoms with E-state index in [2.05, 4.69) is 15.6 Å². The Balaban J connectivity index is 1.36. The third kappa shape index (κ3) is 6.98. The molecule has 0 saturated carbocycles. The third-order valence-corrected chi connectivity index (χ3v) is 8.14. The molecule has 39 heavy (non-hydrogen) atoms. The van der Waals surface area contributed by atoms with Gasteiger partial charge in [0.1, 0.15) is 0 Å². The number of carboxylic acids is 1. The van der Waals surface area contributed by atoms with E-state index in [0.29, 0.717) is 40.9 Å². The molecule has 1 aliphatic rings. The van der Waals surface area contributed by atoms with Crippen LogP contribution < -0.4 is 20.1 Å². The molecule has 2 amide bonds. The van der Waals surface area contributed by atoms with Gasteiger partial charge in [-0.25, -0.2) is 4.98 Å². The number of thiazole rings is 1. The number of aromatic nitrogens is 1. The van der Waals surface area contributed by atoms with E-state index in [1.807, 2.05) is 29.7 Å². The molecule has 9 nitrogen and oxygen atoms in total. The highest BCUT2D eigenvalue weighted by molar-refractivity contribution is 8.00. The SMILES string of the molecule is COc1ccc(-c2csc(NC(=O)C(C)Sc3cccc(NC(=O)C4CC=CCC4C(=O)O)c3)n2)cc1OC. The fourth-order valence-corrected chi connectivity index (χ4v) is 5.83. The molecule has 204 valence electrons. The van der Waals surface area contributed by atoms with Crippen molar-refractivity contribution in [3.63, 3.8) is 0 Å². The number of thioether (sulfide) groups is 1. The normalized spacial score (nSPS) is 17.2. The number of benzene rings is 2. The van der Waals surface area contributed by atoms with E-state index >= 15 is 0 Å². The van der Waals surface area contributed by atoms with Crippen molar-refractivity contribution in [3.05, 3.63) is 60.0 Å². The van der Waals surface area contributed by atoms with Gasteiger partial charge in [0.2, 0.25) is 11.8 Å². The van der Waals surface area contributed by atoms with Crippen molar-refractivity contribution in [2.45, 2.75) is 29.9 Å². The Morgan fingerprint density at radius 3 is 2.49 bits per heavy atom. The van der Waals surface area contributed by atoms with Gasteiger partial charge < -0.3 is 25.2 Å². The summed E-state index contributed by atoms with van der Waals surface area (Å²) in [5.74, 6) is -1.66. The van der Waals surface area contributed by atoms with Crippen molar-refractivity contribution in [1.29, 1.82) is 0 Å². The van der Waals surface area contributed by atoms with Gasteiger partial charge >= 0.3 is 5.97 Å². The molecular weight excluding hydrogens is 538 g/mol. The molecule has 3 N–H and O–H groups in total. The molecule has 11 heteroatoms. The molecule has 4 rings (SSSR count). The summed E-state index contributed by atoms with van der Waals surface area (Å²) < 4.78 is 10.6. The lowest BCUT2D eigenvalue weighted by Gasteiger charge is -2.24. The Hall–Kier alpha value is -3.83. The van der Waals surface area contributed by atoms with E-state index in [-0.39, 0.29) is 11.8 Å².